The summed E-state index contributed by atoms with van der Waals surface area (Å²) in [5.74, 6) is 0. The fourth-order valence-corrected chi connectivity index (χ4v) is 3.52. The molecule has 1 heterocycles. The van der Waals surface area contributed by atoms with Crippen molar-refractivity contribution in [2.75, 3.05) is 6.54 Å². The molecule has 1 aliphatic carbocycles. The summed E-state index contributed by atoms with van der Waals surface area (Å²) in [6.07, 6.45) is 4.99. The third-order valence-corrected chi connectivity index (χ3v) is 4.34. The summed E-state index contributed by atoms with van der Waals surface area (Å²) >= 11 is 1.85. The molecule has 2 rings (SSSR count). The quantitative estimate of drug-likeness (QED) is 0.768. The largest absolute Gasteiger partial charge is 0.304 e. The van der Waals surface area contributed by atoms with E-state index in [1.54, 1.807) is 0 Å². The van der Waals surface area contributed by atoms with Crippen molar-refractivity contribution < 1.29 is 0 Å². The van der Waals surface area contributed by atoms with E-state index in [4.69, 9.17) is 0 Å². The predicted octanol–water partition coefficient (Wildman–Crippen LogP) is 3.68. The van der Waals surface area contributed by atoms with E-state index in [0.717, 1.165) is 6.54 Å². The lowest BCUT2D eigenvalue weighted by molar-refractivity contribution is 0.324. The Balaban J connectivity index is 2.34. The molecular weight excluding hydrogens is 202 g/mol. The second kappa shape index (κ2) is 4.50. The van der Waals surface area contributed by atoms with Crippen molar-refractivity contribution in [1.29, 1.82) is 0 Å². The van der Waals surface area contributed by atoms with Crippen molar-refractivity contribution in [3.05, 3.63) is 34.5 Å². The van der Waals surface area contributed by atoms with Crippen LogP contribution < -0.4 is 5.32 Å². The van der Waals surface area contributed by atoms with Crippen LogP contribution in [0.25, 0.3) is 0 Å². The number of likely N-dealkylation sites (N-methyl/N-ethyl adjacent to an activating group) is 1. The second-order valence-electron chi connectivity index (χ2n) is 4.22. The fraction of sp³-hybridized carbons (Fsp3) is 0.538. The van der Waals surface area contributed by atoms with Crippen molar-refractivity contribution in [3.63, 3.8) is 0 Å². The molecule has 82 valence electrons. The van der Waals surface area contributed by atoms with Crippen LogP contribution in [0.4, 0.5) is 0 Å². The molecule has 0 spiro atoms. The first kappa shape index (κ1) is 10.9. The van der Waals surface area contributed by atoms with Crippen LogP contribution in [0.5, 0.6) is 0 Å². The first-order valence-electron chi connectivity index (χ1n) is 5.77. The Morgan fingerprint density at radius 1 is 1.53 bits per heavy atom. The fourth-order valence-electron chi connectivity index (χ4n) is 2.54. The third-order valence-electron chi connectivity index (χ3n) is 3.30. The van der Waals surface area contributed by atoms with Gasteiger partial charge >= 0.3 is 0 Å². The molecule has 15 heavy (non-hydrogen) atoms. The molecule has 0 saturated heterocycles. The molecule has 0 aromatic carbocycles. The lowest BCUT2D eigenvalue weighted by Crippen LogP contribution is -2.44. The SMILES string of the molecule is C=C1CCCC[C@]1(NCC)c1cccs1. The summed E-state index contributed by atoms with van der Waals surface area (Å²) in [5.41, 5.74) is 1.46. The van der Waals surface area contributed by atoms with Gasteiger partial charge in [0.1, 0.15) is 0 Å². The summed E-state index contributed by atoms with van der Waals surface area (Å²) in [4.78, 5) is 1.44. The number of thiophene rings is 1. The molecule has 2 heteroatoms. The Bertz CT molecular complexity index is 324. The van der Waals surface area contributed by atoms with Crippen molar-refractivity contribution in [1.82, 2.24) is 5.32 Å². The van der Waals surface area contributed by atoms with Crippen LogP contribution >= 0.6 is 11.3 Å². The van der Waals surface area contributed by atoms with E-state index in [1.807, 2.05) is 11.3 Å². The van der Waals surface area contributed by atoms with Gasteiger partial charge in [0.25, 0.3) is 0 Å². The normalized spacial score (nSPS) is 26.9. The van der Waals surface area contributed by atoms with Gasteiger partial charge in [0.05, 0.1) is 5.54 Å². The van der Waals surface area contributed by atoms with Crippen LogP contribution in [0, 0.1) is 0 Å². The molecule has 0 radical (unpaired) electrons. The highest BCUT2D eigenvalue weighted by molar-refractivity contribution is 7.10. The smallest absolute Gasteiger partial charge is 0.0741 e. The zero-order chi connectivity index (χ0) is 10.7. The average molecular weight is 221 g/mol. The van der Waals surface area contributed by atoms with E-state index < -0.39 is 0 Å². The molecular formula is C13H19NS. The maximum absolute atomic E-state index is 4.29. The van der Waals surface area contributed by atoms with Crippen molar-refractivity contribution in [3.8, 4) is 0 Å². The topological polar surface area (TPSA) is 12.0 Å². The predicted molar refractivity (Wildman–Crippen MR) is 67.3 cm³/mol. The number of rotatable bonds is 3. The molecule has 1 saturated carbocycles. The highest BCUT2D eigenvalue weighted by atomic mass is 32.1. The number of hydrogen-bond acceptors (Lipinski definition) is 2. The molecule has 0 amide bonds. The minimum absolute atomic E-state index is 0.0845. The van der Waals surface area contributed by atoms with Crippen LogP contribution in [0.3, 0.4) is 0 Å². The van der Waals surface area contributed by atoms with Crippen molar-refractivity contribution in [2.24, 2.45) is 0 Å². The molecule has 1 N–H and O–H groups in total. The highest BCUT2D eigenvalue weighted by Crippen LogP contribution is 2.42. The Morgan fingerprint density at radius 2 is 2.40 bits per heavy atom. The standard InChI is InChI=1S/C13H19NS/c1-3-14-13(12-8-6-10-15-12)9-5-4-7-11(13)2/h6,8,10,14H,2-5,7,9H2,1H3/t13-/m1/s1. The van der Waals surface area contributed by atoms with Crippen LogP contribution in [0.2, 0.25) is 0 Å². The van der Waals surface area contributed by atoms with Crippen LogP contribution in [-0.4, -0.2) is 6.54 Å². The molecule has 1 aromatic heterocycles. The first-order chi connectivity index (χ1) is 7.29. The first-order valence-corrected chi connectivity index (χ1v) is 6.65. The maximum Gasteiger partial charge on any atom is 0.0741 e. The molecule has 1 aliphatic rings. The zero-order valence-corrected chi connectivity index (χ0v) is 10.2. The summed E-state index contributed by atoms with van der Waals surface area (Å²) in [5, 5.41) is 5.82. The highest BCUT2D eigenvalue weighted by Gasteiger charge is 2.36. The zero-order valence-electron chi connectivity index (χ0n) is 9.38. The Hall–Kier alpha value is -0.600. The second-order valence-corrected chi connectivity index (χ2v) is 5.17. The lowest BCUT2D eigenvalue weighted by Gasteiger charge is -2.39. The van der Waals surface area contributed by atoms with Gasteiger partial charge in [-0.05, 0) is 37.3 Å². The van der Waals surface area contributed by atoms with Gasteiger partial charge in [-0.25, -0.2) is 0 Å². The minimum atomic E-state index is 0.0845. The van der Waals surface area contributed by atoms with Crippen LogP contribution in [-0.2, 0) is 5.54 Å². The summed E-state index contributed by atoms with van der Waals surface area (Å²) in [7, 11) is 0. The minimum Gasteiger partial charge on any atom is -0.304 e. The van der Waals surface area contributed by atoms with E-state index in [-0.39, 0.29) is 5.54 Å². The molecule has 1 fully saturated rings. The van der Waals surface area contributed by atoms with Gasteiger partial charge in [0, 0.05) is 4.88 Å². The summed E-state index contributed by atoms with van der Waals surface area (Å²) < 4.78 is 0. The Labute approximate surface area is 96.2 Å². The van der Waals surface area contributed by atoms with E-state index >= 15 is 0 Å². The average Bonchev–Trinajstić information content (AvgIpc) is 2.75. The lowest BCUT2D eigenvalue weighted by atomic mass is 9.77. The molecule has 0 unspecified atom stereocenters. The van der Waals surface area contributed by atoms with Gasteiger partial charge in [-0.2, -0.15) is 0 Å². The van der Waals surface area contributed by atoms with E-state index in [9.17, 15) is 0 Å². The molecule has 0 bridgehead atoms. The monoisotopic (exact) mass is 221 g/mol. The van der Waals surface area contributed by atoms with Gasteiger partial charge in [-0.1, -0.05) is 31.6 Å². The number of hydrogen-bond donors (Lipinski definition) is 1. The van der Waals surface area contributed by atoms with Crippen molar-refractivity contribution >= 4 is 11.3 Å². The van der Waals surface area contributed by atoms with Gasteiger partial charge in [0.15, 0.2) is 0 Å². The summed E-state index contributed by atoms with van der Waals surface area (Å²) in [6.45, 7) is 7.48. The van der Waals surface area contributed by atoms with Gasteiger partial charge in [-0.3, -0.25) is 0 Å². The Morgan fingerprint density at radius 3 is 3.00 bits per heavy atom. The van der Waals surface area contributed by atoms with Crippen LogP contribution in [0.1, 0.15) is 37.5 Å². The molecule has 1 atom stereocenters. The maximum atomic E-state index is 4.29. The molecule has 0 aliphatic heterocycles. The third kappa shape index (κ3) is 1.88. The van der Waals surface area contributed by atoms with E-state index in [0.29, 0.717) is 0 Å². The van der Waals surface area contributed by atoms with Crippen molar-refractivity contribution in [2.45, 2.75) is 38.1 Å². The van der Waals surface area contributed by atoms with Gasteiger partial charge < -0.3 is 5.32 Å². The van der Waals surface area contributed by atoms with E-state index in [2.05, 4.69) is 36.3 Å². The molecule has 1 aromatic rings. The van der Waals surface area contributed by atoms with Gasteiger partial charge in [-0.15, -0.1) is 11.3 Å². The van der Waals surface area contributed by atoms with Gasteiger partial charge in [0.2, 0.25) is 0 Å². The van der Waals surface area contributed by atoms with E-state index in [1.165, 1.54) is 36.1 Å². The Kier molecular flexibility index (Phi) is 3.27. The van der Waals surface area contributed by atoms with Crippen LogP contribution in [0.15, 0.2) is 29.7 Å². The molecule has 1 nitrogen and oxygen atoms in total. The summed E-state index contributed by atoms with van der Waals surface area (Å²) in [6, 6.07) is 4.38. The number of nitrogens with one attached hydrogen (secondary N) is 1.